The number of amides is 2. The maximum Gasteiger partial charge on any atom is 0.306 e. The van der Waals surface area contributed by atoms with Gasteiger partial charge in [0.2, 0.25) is 11.8 Å². The van der Waals surface area contributed by atoms with Gasteiger partial charge in [0.1, 0.15) is 6.10 Å². The average Bonchev–Trinajstić information content (AvgIpc) is 3.33. The molecule has 0 rings (SSSR count). The molecule has 0 spiro atoms. The molecule has 410 valence electrons. The maximum absolute atomic E-state index is 13.6. The van der Waals surface area contributed by atoms with Gasteiger partial charge < -0.3 is 19.4 Å². The van der Waals surface area contributed by atoms with Gasteiger partial charge in [-0.05, 0) is 91.3 Å². The highest BCUT2D eigenvalue weighted by Crippen LogP contribution is 2.20. The van der Waals surface area contributed by atoms with Crippen molar-refractivity contribution in [2.45, 2.75) is 336 Å². The first-order chi connectivity index (χ1) is 33.8. The average molecular weight is 975 g/mol. The molecular formula is C62H123N3O4. The Hall–Kier alpha value is -1.63. The van der Waals surface area contributed by atoms with Gasteiger partial charge in [0.05, 0.1) is 0 Å². The fourth-order valence-corrected chi connectivity index (χ4v) is 10.0. The van der Waals surface area contributed by atoms with Crippen LogP contribution in [0.15, 0.2) is 0 Å². The van der Waals surface area contributed by atoms with E-state index in [1.165, 1.54) is 199 Å². The van der Waals surface area contributed by atoms with Crippen LogP contribution < -0.4 is 0 Å². The summed E-state index contributed by atoms with van der Waals surface area (Å²) >= 11 is 0. The predicted octanol–water partition coefficient (Wildman–Crippen LogP) is 18.5. The number of esters is 1. The van der Waals surface area contributed by atoms with Crippen LogP contribution in [-0.4, -0.2) is 85.4 Å². The molecular weight excluding hydrogens is 851 g/mol. The molecule has 0 saturated heterocycles. The summed E-state index contributed by atoms with van der Waals surface area (Å²) in [4.78, 5) is 46.5. The third-order valence-corrected chi connectivity index (χ3v) is 14.7. The number of hydrogen-bond donors (Lipinski definition) is 0. The Morgan fingerprint density at radius 3 is 0.884 bits per heavy atom. The number of unbranched alkanes of at least 4 members (excludes halogenated alkanes) is 35. The molecule has 0 aliphatic rings. The summed E-state index contributed by atoms with van der Waals surface area (Å²) in [6, 6.07) is 0. The van der Waals surface area contributed by atoms with Crippen LogP contribution in [0.2, 0.25) is 0 Å². The maximum atomic E-state index is 13.6. The molecule has 0 aliphatic carbocycles. The molecule has 0 N–H and O–H groups in total. The molecule has 0 aromatic heterocycles. The number of nitrogens with zero attached hydrogens (tertiary/aromatic N) is 3. The Labute approximate surface area is 432 Å². The molecule has 1 atom stereocenters. The van der Waals surface area contributed by atoms with Gasteiger partial charge in [-0.15, -0.1) is 0 Å². The summed E-state index contributed by atoms with van der Waals surface area (Å²) in [5, 5.41) is 0. The molecule has 0 radical (unpaired) electrons. The molecule has 0 fully saturated rings. The topological polar surface area (TPSA) is 70.2 Å². The van der Waals surface area contributed by atoms with Gasteiger partial charge in [-0.25, -0.2) is 0 Å². The quantitative estimate of drug-likeness (QED) is 0.0449. The third kappa shape index (κ3) is 48.4. The van der Waals surface area contributed by atoms with Crippen LogP contribution in [0, 0.1) is 0 Å². The molecule has 7 heteroatoms. The molecule has 69 heavy (non-hydrogen) atoms. The molecule has 0 aromatic carbocycles. The van der Waals surface area contributed by atoms with E-state index in [4.69, 9.17) is 4.74 Å². The van der Waals surface area contributed by atoms with Gasteiger partial charge in [-0.3, -0.25) is 14.4 Å². The SMILES string of the molecule is CCCCCCCCCCN(CCCCCCCCCC)C(=O)CCCCCCCCCC(CCCCC(=O)N(CCCCCCCCCC)CCCCCCCCCC)OC(=O)CCCN(C)C. The molecule has 0 aromatic rings. The third-order valence-electron chi connectivity index (χ3n) is 14.7. The normalized spacial score (nSPS) is 12.0. The Balaban J connectivity index is 4.86. The van der Waals surface area contributed by atoms with E-state index < -0.39 is 0 Å². The van der Waals surface area contributed by atoms with Crippen molar-refractivity contribution < 1.29 is 19.1 Å². The smallest absolute Gasteiger partial charge is 0.306 e. The van der Waals surface area contributed by atoms with Crippen molar-refractivity contribution in [1.82, 2.24) is 14.7 Å². The fraction of sp³-hybridized carbons (Fsp3) is 0.952. The highest BCUT2D eigenvalue weighted by atomic mass is 16.5. The monoisotopic (exact) mass is 974 g/mol. The molecule has 0 heterocycles. The van der Waals surface area contributed by atoms with Crippen molar-refractivity contribution >= 4 is 17.8 Å². The summed E-state index contributed by atoms with van der Waals surface area (Å²) in [6.07, 6.45) is 55.7. The second kappa shape index (κ2) is 54.2. The number of ether oxygens (including phenoxy) is 1. The summed E-state index contributed by atoms with van der Waals surface area (Å²) < 4.78 is 6.12. The molecule has 0 saturated carbocycles. The highest BCUT2D eigenvalue weighted by molar-refractivity contribution is 5.76. The van der Waals surface area contributed by atoms with E-state index in [0.717, 1.165) is 116 Å². The lowest BCUT2D eigenvalue weighted by atomic mass is 10.0. The van der Waals surface area contributed by atoms with E-state index in [-0.39, 0.29) is 12.1 Å². The van der Waals surface area contributed by atoms with Gasteiger partial charge in [-0.2, -0.15) is 0 Å². The molecule has 0 aliphatic heterocycles. The second-order valence-corrected chi connectivity index (χ2v) is 21.9. The van der Waals surface area contributed by atoms with Crippen LogP contribution >= 0.6 is 0 Å². The van der Waals surface area contributed by atoms with E-state index >= 15 is 0 Å². The highest BCUT2D eigenvalue weighted by Gasteiger charge is 2.17. The second-order valence-electron chi connectivity index (χ2n) is 21.9. The minimum atomic E-state index is -0.0662. The first-order valence-electron chi connectivity index (χ1n) is 31.2. The first kappa shape index (κ1) is 67.4. The number of rotatable bonds is 56. The van der Waals surface area contributed by atoms with E-state index in [9.17, 15) is 14.4 Å². The van der Waals surface area contributed by atoms with Crippen molar-refractivity contribution in [3.8, 4) is 0 Å². The zero-order valence-electron chi connectivity index (χ0n) is 47.8. The van der Waals surface area contributed by atoms with Crippen LogP contribution in [0.5, 0.6) is 0 Å². The van der Waals surface area contributed by atoms with Gasteiger partial charge >= 0.3 is 5.97 Å². The zero-order chi connectivity index (χ0) is 50.5. The van der Waals surface area contributed by atoms with Crippen LogP contribution in [0.4, 0.5) is 0 Å². The number of carbonyl (C=O) groups excluding carboxylic acids is 3. The Morgan fingerprint density at radius 1 is 0.304 bits per heavy atom. The summed E-state index contributed by atoms with van der Waals surface area (Å²) in [7, 11) is 4.10. The van der Waals surface area contributed by atoms with Gasteiger partial charge in [-0.1, -0.05) is 240 Å². The van der Waals surface area contributed by atoms with Crippen LogP contribution in [-0.2, 0) is 19.1 Å². The summed E-state index contributed by atoms with van der Waals surface area (Å²) in [6.45, 7) is 13.7. The summed E-state index contributed by atoms with van der Waals surface area (Å²) in [5.74, 6) is 0.656. The predicted molar refractivity (Wildman–Crippen MR) is 301 cm³/mol. The molecule has 0 bridgehead atoms. The van der Waals surface area contributed by atoms with Crippen molar-refractivity contribution in [2.75, 3.05) is 46.8 Å². The van der Waals surface area contributed by atoms with Gasteiger partial charge in [0.25, 0.3) is 0 Å². The van der Waals surface area contributed by atoms with E-state index in [1.54, 1.807) is 0 Å². The number of hydrogen-bond acceptors (Lipinski definition) is 5. The minimum absolute atomic E-state index is 0.0525. The molecule has 7 nitrogen and oxygen atoms in total. The van der Waals surface area contributed by atoms with Crippen LogP contribution in [0.1, 0.15) is 329 Å². The Bertz CT molecular complexity index is 1040. The van der Waals surface area contributed by atoms with Crippen molar-refractivity contribution in [1.29, 1.82) is 0 Å². The lowest BCUT2D eigenvalue weighted by Crippen LogP contribution is -2.33. The van der Waals surface area contributed by atoms with Crippen LogP contribution in [0.25, 0.3) is 0 Å². The summed E-state index contributed by atoms with van der Waals surface area (Å²) in [5.41, 5.74) is 0. The van der Waals surface area contributed by atoms with Gasteiger partial charge in [0, 0.05) is 45.4 Å². The Morgan fingerprint density at radius 2 is 0.565 bits per heavy atom. The van der Waals surface area contributed by atoms with Crippen molar-refractivity contribution in [3.63, 3.8) is 0 Å². The standard InChI is InChI=1S/C62H123N3O4/c1-7-11-15-19-23-30-36-44-55-64(56-45-37-31-24-20-16-12-8-2)60(66)51-41-35-29-27-28-34-40-49-59(69-62(68)53-48-54-63(5)6)50-42-43-52-61(67)65(57-46-38-32-25-21-17-13-9-3)58-47-39-33-26-22-18-14-10-4/h59H,7-58H2,1-6H3. The van der Waals surface area contributed by atoms with Crippen molar-refractivity contribution in [2.24, 2.45) is 0 Å². The van der Waals surface area contributed by atoms with Gasteiger partial charge in [0.15, 0.2) is 0 Å². The largest absolute Gasteiger partial charge is 0.462 e. The van der Waals surface area contributed by atoms with Crippen molar-refractivity contribution in [3.05, 3.63) is 0 Å². The Kier molecular flexibility index (Phi) is 52.9. The number of carbonyl (C=O) groups is 3. The lowest BCUT2D eigenvalue weighted by Gasteiger charge is -2.23. The van der Waals surface area contributed by atoms with E-state index in [2.05, 4.69) is 42.4 Å². The first-order valence-corrected chi connectivity index (χ1v) is 31.2. The lowest BCUT2D eigenvalue weighted by molar-refractivity contribution is -0.150. The molecule has 1 unspecified atom stereocenters. The van der Waals surface area contributed by atoms with E-state index in [0.29, 0.717) is 31.1 Å². The minimum Gasteiger partial charge on any atom is -0.462 e. The zero-order valence-corrected chi connectivity index (χ0v) is 47.8. The fourth-order valence-electron chi connectivity index (χ4n) is 10.0. The van der Waals surface area contributed by atoms with E-state index in [1.807, 2.05) is 14.1 Å². The van der Waals surface area contributed by atoms with Crippen LogP contribution in [0.3, 0.4) is 0 Å². The molecule has 2 amide bonds.